The molecule has 9 nitrogen and oxygen atoms in total. The maximum Gasteiger partial charge on any atom is 0.333 e. The number of ether oxygens (including phenoxy) is 2. The van der Waals surface area contributed by atoms with Crippen molar-refractivity contribution in [2.75, 3.05) is 6.61 Å². The fourth-order valence-corrected chi connectivity index (χ4v) is 3.66. The van der Waals surface area contributed by atoms with Crippen molar-refractivity contribution in [2.24, 2.45) is 5.41 Å². The van der Waals surface area contributed by atoms with E-state index in [2.05, 4.69) is 0 Å². The standard InChI is InChI=1S/C21H30O9/c1-11(5-6-21(28)12(2)8-13(23)9-20(21,3)4)7-15(24)30-19-18(27)17(26)16(25)14(10-22)29-19/h5-8,14,16-19,22,25-28H,9-10H2,1-4H3/b6-5+,11-7-/t14?,16-,17?,18?,19+,21-/m1/s1. The van der Waals surface area contributed by atoms with Gasteiger partial charge in [0.2, 0.25) is 6.29 Å². The lowest BCUT2D eigenvalue weighted by molar-refractivity contribution is -0.291. The molecule has 0 spiro atoms. The van der Waals surface area contributed by atoms with Gasteiger partial charge in [-0.1, -0.05) is 19.9 Å². The Bertz CT molecular complexity index is 764. The Morgan fingerprint density at radius 2 is 1.90 bits per heavy atom. The van der Waals surface area contributed by atoms with Crippen LogP contribution >= 0.6 is 0 Å². The van der Waals surface area contributed by atoms with Gasteiger partial charge in [0.25, 0.3) is 0 Å². The van der Waals surface area contributed by atoms with Gasteiger partial charge in [-0.05, 0) is 37.1 Å². The molecule has 6 atom stereocenters. The van der Waals surface area contributed by atoms with E-state index in [9.17, 15) is 35.1 Å². The highest BCUT2D eigenvalue weighted by Crippen LogP contribution is 2.44. The Morgan fingerprint density at radius 1 is 1.27 bits per heavy atom. The molecule has 0 radical (unpaired) electrons. The van der Waals surface area contributed by atoms with E-state index in [0.29, 0.717) is 11.1 Å². The van der Waals surface area contributed by atoms with Gasteiger partial charge in [0, 0.05) is 17.9 Å². The fourth-order valence-electron chi connectivity index (χ4n) is 3.66. The third kappa shape index (κ3) is 4.88. The van der Waals surface area contributed by atoms with Crippen LogP contribution in [0.4, 0.5) is 0 Å². The second-order valence-electron chi connectivity index (χ2n) is 8.48. The number of carbonyl (C=O) groups excluding carboxylic acids is 2. The van der Waals surface area contributed by atoms with Gasteiger partial charge in [-0.3, -0.25) is 4.79 Å². The molecule has 1 aliphatic heterocycles. The molecule has 1 aliphatic carbocycles. The highest BCUT2D eigenvalue weighted by Gasteiger charge is 2.47. The summed E-state index contributed by atoms with van der Waals surface area (Å²) in [6.45, 7) is 6.17. The van der Waals surface area contributed by atoms with E-state index in [1.165, 1.54) is 18.2 Å². The summed E-state index contributed by atoms with van der Waals surface area (Å²) in [4.78, 5) is 24.0. The van der Waals surface area contributed by atoms with E-state index in [0.717, 1.165) is 6.08 Å². The van der Waals surface area contributed by atoms with E-state index < -0.39 is 54.3 Å². The van der Waals surface area contributed by atoms with Crippen molar-refractivity contribution in [3.05, 3.63) is 35.5 Å². The van der Waals surface area contributed by atoms with Crippen molar-refractivity contribution >= 4 is 11.8 Å². The summed E-state index contributed by atoms with van der Waals surface area (Å²) in [5, 5.41) is 49.7. The van der Waals surface area contributed by atoms with E-state index in [1.54, 1.807) is 27.7 Å². The van der Waals surface area contributed by atoms with Crippen LogP contribution in [0.3, 0.4) is 0 Å². The van der Waals surface area contributed by atoms with Gasteiger partial charge in [0.15, 0.2) is 5.78 Å². The minimum absolute atomic E-state index is 0.0639. The smallest absolute Gasteiger partial charge is 0.333 e. The molecule has 2 rings (SSSR count). The summed E-state index contributed by atoms with van der Waals surface area (Å²) in [5.41, 5.74) is -1.21. The molecule has 0 aromatic rings. The number of allylic oxidation sites excluding steroid dienone is 3. The first-order valence-electron chi connectivity index (χ1n) is 9.65. The Morgan fingerprint density at radius 3 is 2.47 bits per heavy atom. The third-order valence-electron chi connectivity index (χ3n) is 5.64. The van der Waals surface area contributed by atoms with Crippen LogP contribution in [0, 0.1) is 5.41 Å². The van der Waals surface area contributed by atoms with E-state index in [1.807, 2.05) is 0 Å². The zero-order valence-corrected chi connectivity index (χ0v) is 17.5. The Labute approximate surface area is 174 Å². The molecule has 5 N–H and O–H groups in total. The van der Waals surface area contributed by atoms with Crippen molar-refractivity contribution in [3.63, 3.8) is 0 Å². The van der Waals surface area contributed by atoms with Crippen molar-refractivity contribution in [2.45, 2.75) is 70.4 Å². The highest BCUT2D eigenvalue weighted by molar-refractivity contribution is 5.92. The van der Waals surface area contributed by atoms with Crippen molar-refractivity contribution in [1.29, 1.82) is 0 Å². The summed E-state index contributed by atoms with van der Waals surface area (Å²) in [5.74, 6) is -0.954. The molecule has 0 saturated carbocycles. The topological polar surface area (TPSA) is 154 Å². The molecule has 3 unspecified atom stereocenters. The zero-order chi connectivity index (χ0) is 22.9. The van der Waals surface area contributed by atoms with Gasteiger partial charge < -0.3 is 35.0 Å². The first-order chi connectivity index (χ1) is 13.8. The van der Waals surface area contributed by atoms with Gasteiger partial charge in [-0.25, -0.2) is 4.79 Å². The minimum atomic E-state index is -1.69. The molecule has 1 heterocycles. The van der Waals surface area contributed by atoms with Gasteiger partial charge >= 0.3 is 5.97 Å². The average molecular weight is 426 g/mol. The second-order valence-corrected chi connectivity index (χ2v) is 8.48. The maximum absolute atomic E-state index is 12.2. The van der Waals surface area contributed by atoms with E-state index in [-0.39, 0.29) is 12.2 Å². The molecular weight excluding hydrogens is 396 g/mol. The molecule has 168 valence electrons. The number of rotatable bonds is 5. The lowest BCUT2D eigenvalue weighted by Gasteiger charge is -2.44. The van der Waals surface area contributed by atoms with Crippen LogP contribution in [0.5, 0.6) is 0 Å². The van der Waals surface area contributed by atoms with Gasteiger partial charge in [0.05, 0.1) is 6.61 Å². The number of aliphatic hydroxyl groups is 5. The normalized spacial score (nSPS) is 37.2. The number of aliphatic hydroxyl groups excluding tert-OH is 4. The Hall–Kier alpha value is -1.88. The van der Waals surface area contributed by atoms with Crippen LogP contribution in [-0.4, -0.2) is 80.2 Å². The molecular formula is C21H30O9. The second kappa shape index (κ2) is 9.09. The highest BCUT2D eigenvalue weighted by atomic mass is 16.7. The van der Waals surface area contributed by atoms with E-state index in [4.69, 9.17) is 9.47 Å². The number of hydrogen-bond acceptors (Lipinski definition) is 9. The molecule has 30 heavy (non-hydrogen) atoms. The molecule has 9 heteroatoms. The minimum Gasteiger partial charge on any atom is -0.430 e. The number of esters is 1. The summed E-state index contributed by atoms with van der Waals surface area (Å²) >= 11 is 0. The van der Waals surface area contributed by atoms with Crippen molar-refractivity contribution in [1.82, 2.24) is 0 Å². The maximum atomic E-state index is 12.2. The van der Waals surface area contributed by atoms with Crippen molar-refractivity contribution in [3.8, 4) is 0 Å². The molecule has 1 saturated heterocycles. The first-order valence-corrected chi connectivity index (χ1v) is 9.65. The lowest BCUT2D eigenvalue weighted by Crippen LogP contribution is -2.59. The van der Waals surface area contributed by atoms with Crippen molar-refractivity contribution < 1.29 is 44.6 Å². The molecule has 0 aromatic heterocycles. The van der Waals surface area contributed by atoms with Crippen LogP contribution in [-0.2, 0) is 19.1 Å². The van der Waals surface area contributed by atoms with Gasteiger partial charge in [-0.15, -0.1) is 0 Å². The summed E-state index contributed by atoms with van der Waals surface area (Å²) in [6.07, 6.45) is -1.95. The Balaban J connectivity index is 2.11. The third-order valence-corrected chi connectivity index (χ3v) is 5.64. The SMILES string of the molecule is CC1=CC(=O)CC(C)(C)[C@@]1(O)/C=C/C(C)=C\C(=O)O[C@@H]1OC(CO)[C@@H](O)C(O)C1O. The predicted molar refractivity (Wildman–Crippen MR) is 105 cm³/mol. The molecule has 1 fully saturated rings. The molecule has 2 aliphatic rings. The lowest BCUT2D eigenvalue weighted by atomic mass is 9.64. The van der Waals surface area contributed by atoms with Crippen LogP contribution in [0.1, 0.15) is 34.1 Å². The Kier molecular flexibility index (Phi) is 7.39. The zero-order valence-electron chi connectivity index (χ0n) is 17.5. The van der Waals surface area contributed by atoms with Gasteiger partial charge in [-0.2, -0.15) is 0 Å². The summed E-state index contributed by atoms with van der Waals surface area (Å²) in [6, 6.07) is 0. The van der Waals surface area contributed by atoms with E-state index >= 15 is 0 Å². The number of hydrogen-bond donors (Lipinski definition) is 5. The monoisotopic (exact) mass is 426 g/mol. The summed E-state index contributed by atoms with van der Waals surface area (Å²) in [7, 11) is 0. The molecule has 0 amide bonds. The molecule has 0 aromatic carbocycles. The first kappa shape index (κ1) is 24.4. The number of carbonyl (C=O) groups is 2. The predicted octanol–water partition coefficient (Wildman–Crippen LogP) is -0.492. The fraction of sp³-hybridized carbons (Fsp3) is 0.619. The quantitative estimate of drug-likeness (QED) is 0.222. The number of ketones is 1. The van der Waals surface area contributed by atoms with Crippen LogP contribution in [0.2, 0.25) is 0 Å². The molecule has 0 bridgehead atoms. The van der Waals surface area contributed by atoms with Crippen LogP contribution in [0.15, 0.2) is 35.5 Å². The van der Waals surface area contributed by atoms with Crippen LogP contribution in [0.25, 0.3) is 0 Å². The van der Waals surface area contributed by atoms with Crippen LogP contribution < -0.4 is 0 Å². The largest absolute Gasteiger partial charge is 0.430 e. The average Bonchev–Trinajstić information content (AvgIpc) is 2.64. The summed E-state index contributed by atoms with van der Waals surface area (Å²) < 4.78 is 10.1. The van der Waals surface area contributed by atoms with Gasteiger partial charge in [0.1, 0.15) is 30.0 Å².